The number of anilines is 1. The summed E-state index contributed by atoms with van der Waals surface area (Å²) in [6.45, 7) is 4.14. The van der Waals surface area contributed by atoms with Crippen molar-refractivity contribution in [2.45, 2.75) is 13.8 Å². The molecule has 0 saturated heterocycles. The molecule has 106 valence electrons. The Bertz CT molecular complexity index is 768. The molecule has 1 heterocycles. The summed E-state index contributed by atoms with van der Waals surface area (Å²) in [6.07, 6.45) is 0. The number of aryl methyl sites for hydroxylation is 2. The van der Waals surface area contributed by atoms with Gasteiger partial charge in [0, 0.05) is 10.0 Å². The zero-order valence-electron chi connectivity index (χ0n) is 11.9. The summed E-state index contributed by atoms with van der Waals surface area (Å²) in [5.41, 5.74) is 12.5. The van der Waals surface area contributed by atoms with E-state index in [1.54, 1.807) is 0 Å². The molecular weight excluding hydrogens is 326 g/mol. The number of benzene rings is 2. The Morgan fingerprint density at radius 1 is 0.952 bits per heavy atom. The predicted octanol–water partition coefficient (Wildman–Crippen LogP) is 4.71. The summed E-state index contributed by atoms with van der Waals surface area (Å²) in [5.74, 6) is 0.520. The quantitative estimate of drug-likeness (QED) is 0.709. The van der Waals surface area contributed by atoms with Gasteiger partial charge in [-0.1, -0.05) is 45.8 Å². The van der Waals surface area contributed by atoms with Crippen molar-refractivity contribution in [3.63, 3.8) is 0 Å². The first kappa shape index (κ1) is 13.9. The average Bonchev–Trinajstić information content (AvgIpc) is 2.80. The van der Waals surface area contributed by atoms with Crippen molar-refractivity contribution in [3.8, 4) is 22.4 Å². The Balaban J connectivity index is 2.19. The molecular formula is C17H16BrN3. The molecule has 0 aliphatic rings. The summed E-state index contributed by atoms with van der Waals surface area (Å²) in [6, 6.07) is 14.6. The molecule has 21 heavy (non-hydrogen) atoms. The maximum Gasteiger partial charge on any atom is 0.153 e. The van der Waals surface area contributed by atoms with Gasteiger partial charge in [-0.2, -0.15) is 5.10 Å². The molecule has 0 aliphatic carbocycles. The van der Waals surface area contributed by atoms with E-state index < -0.39 is 0 Å². The Kier molecular flexibility index (Phi) is 3.55. The number of nitrogen functional groups attached to an aromatic ring is 1. The van der Waals surface area contributed by atoms with Crippen LogP contribution in [0.5, 0.6) is 0 Å². The highest BCUT2D eigenvalue weighted by Crippen LogP contribution is 2.36. The van der Waals surface area contributed by atoms with Gasteiger partial charge in [0.05, 0.1) is 11.3 Å². The van der Waals surface area contributed by atoms with Crippen LogP contribution in [-0.2, 0) is 0 Å². The molecule has 2 aromatic carbocycles. The van der Waals surface area contributed by atoms with Crippen molar-refractivity contribution in [1.82, 2.24) is 10.2 Å². The van der Waals surface area contributed by atoms with Gasteiger partial charge < -0.3 is 5.73 Å². The number of nitrogens with two attached hydrogens (primary N) is 1. The van der Waals surface area contributed by atoms with Crippen LogP contribution in [0, 0.1) is 13.8 Å². The third-order valence-electron chi connectivity index (χ3n) is 3.47. The summed E-state index contributed by atoms with van der Waals surface area (Å²) >= 11 is 3.54. The lowest BCUT2D eigenvalue weighted by molar-refractivity contribution is 1.10. The van der Waals surface area contributed by atoms with E-state index in [9.17, 15) is 0 Å². The third-order valence-corrected chi connectivity index (χ3v) is 3.92. The van der Waals surface area contributed by atoms with Gasteiger partial charge in [-0.3, -0.25) is 5.10 Å². The molecule has 3 nitrogen and oxygen atoms in total. The average molecular weight is 342 g/mol. The molecule has 0 saturated carbocycles. The normalized spacial score (nSPS) is 10.8. The van der Waals surface area contributed by atoms with Crippen molar-refractivity contribution in [3.05, 3.63) is 58.1 Å². The second-order valence-corrected chi connectivity index (χ2v) is 6.16. The number of hydrogen-bond acceptors (Lipinski definition) is 2. The number of halogens is 1. The first-order valence-electron chi connectivity index (χ1n) is 6.73. The zero-order valence-corrected chi connectivity index (χ0v) is 13.5. The molecule has 4 heteroatoms. The van der Waals surface area contributed by atoms with Crippen molar-refractivity contribution < 1.29 is 0 Å². The number of nitrogens with one attached hydrogen (secondary N) is 1. The van der Waals surface area contributed by atoms with E-state index in [-0.39, 0.29) is 0 Å². The van der Waals surface area contributed by atoms with E-state index in [0.717, 1.165) is 26.9 Å². The number of aromatic nitrogens is 2. The maximum atomic E-state index is 6.07. The summed E-state index contributed by atoms with van der Waals surface area (Å²) in [7, 11) is 0. The standard InChI is InChI=1S/C17H16BrN3/c1-10-3-5-12(6-4-10)15-16(20-21-17(15)19)13-7-11(2)8-14(18)9-13/h3-9H,1-2H3,(H3,19,20,21). The highest BCUT2D eigenvalue weighted by atomic mass is 79.9. The molecule has 0 bridgehead atoms. The highest BCUT2D eigenvalue weighted by Gasteiger charge is 2.15. The van der Waals surface area contributed by atoms with E-state index in [0.29, 0.717) is 5.82 Å². The molecule has 0 atom stereocenters. The fourth-order valence-electron chi connectivity index (χ4n) is 2.46. The second-order valence-electron chi connectivity index (χ2n) is 5.24. The van der Waals surface area contributed by atoms with Gasteiger partial charge in [-0.15, -0.1) is 0 Å². The van der Waals surface area contributed by atoms with Crippen molar-refractivity contribution >= 4 is 21.7 Å². The van der Waals surface area contributed by atoms with Crippen LogP contribution in [-0.4, -0.2) is 10.2 Å². The first-order chi connectivity index (χ1) is 10.0. The fraction of sp³-hybridized carbons (Fsp3) is 0.118. The lowest BCUT2D eigenvalue weighted by Gasteiger charge is -2.07. The Labute approximate surface area is 132 Å². The van der Waals surface area contributed by atoms with Gasteiger partial charge in [0.2, 0.25) is 0 Å². The molecule has 1 aromatic heterocycles. The number of nitrogens with zero attached hydrogens (tertiary/aromatic N) is 1. The topological polar surface area (TPSA) is 54.7 Å². The second kappa shape index (κ2) is 5.37. The minimum Gasteiger partial charge on any atom is -0.382 e. The van der Waals surface area contributed by atoms with Crippen LogP contribution in [0.25, 0.3) is 22.4 Å². The third kappa shape index (κ3) is 2.72. The van der Waals surface area contributed by atoms with Gasteiger partial charge in [0.15, 0.2) is 5.82 Å². The molecule has 3 N–H and O–H groups in total. The van der Waals surface area contributed by atoms with Gasteiger partial charge in [0.1, 0.15) is 0 Å². The van der Waals surface area contributed by atoms with Gasteiger partial charge in [-0.25, -0.2) is 0 Å². The Hall–Kier alpha value is -2.07. The number of H-pyrrole nitrogens is 1. The fourth-order valence-corrected chi connectivity index (χ4v) is 3.07. The van der Waals surface area contributed by atoms with Gasteiger partial charge in [0.25, 0.3) is 0 Å². The van der Waals surface area contributed by atoms with Crippen molar-refractivity contribution in [2.75, 3.05) is 5.73 Å². The summed E-state index contributed by atoms with van der Waals surface area (Å²) in [4.78, 5) is 0. The Morgan fingerprint density at radius 2 is 1.67 bits per heavy atom. The lowest BCUT2D eigenvalue weighted by atomic mass is 9.99. The summed E-state index contributed by atoms with van der Waals surface area (Å²) in [5, 5.41) is 7.25. The molecule has 0 aliphatic heterocycles. The zero-order chi connectivity index (χ0) is 15.0. The largest absolute Gasteiger partial charge is 0.382 e. The van der Waals surface area contributed by atoms with E-state index in [2.05, 4.69) is 82.4 Å². The van der Waals surface area contributed by atoms with Gasteiger partial charge in [-0.05, 0) is 43.2 Å². The van der Waals surface area contributed by atoms with Crippen LogP contribution < -0.4 is 5.73 Å². The minimum absolute atomic E-state index is 0.520. The lowest BCUT2D eigenvalue weighted by Crippen LogP contribution is -1.89. The van der Waals surface area contributed by atoms with E-state index in [1.165, 1.54) is 11.1 Å². The van der Waals surface area contributed by atoms with Crippen LogP contribution in [0.4, 0.5) is 5.82 Å². The molecule has 0 radical (unpaired) electrons. The number of rotatable bonds is 2. The SMILES string of the molecule is Cc1ccc(-c2c(N)n[nH]c2-c2cc(C)cc(Br)c2)cc1. The molecule has 3 aromatic rings. The van der Waals surface area contributed by atoms with E-state index in [1.807, 2.05) is 0 Å². The van der Waals surface area contributed by atoms with Crippen LogP contribution in [0.15, 0.2) is 46.9 Å². The molecule has 0 fully saturated rings. The van der Waals surface area contributed by atoms with E-state index >= 15 is 0 Å². The summed E-state index contributed by atoms with van der Waals surface area (Å²) < 4.78 is 1.04. The monoisotopic (exact) mass is 341 g/mol. The molecule has 0 amide bonds. The molecule has 3 rings (SSSR count). The Morgan fingerprint density at radius 3 is 2.33 bits per heavy atom. The van der Waals surface area contributed by atoms with E-state index in [4.69, 9.17) is 5.73 Å². The van der Waals surface area contributed by atoms with Crippen LogP contribution in [0.2, 0.25) is 0 Å². The first-order valence-corrected chi connectivity index (χ1v) is 7.52. The van der Waals surface area contributed by atoms with Crippen LogP contribution in [0.1, 0.15) is 11.1 Å². The molecule has 0 spiro atoms. The van der Waals surface area contributed by atoms with Crippen molar-refractivity contribution in [2.24, 2.45) is 0 Å². The minimum atomic E-state index is 0.520. The number of aromatic amines is 1. The maximum absolute atomic E-state index is 6.07. The predicted molar refractivity (Wildman–Crippen MR) is 91.0 cm³/mol. The van der Waals surface area contributed by atoms with Crippen LogP contribution >= 0.6 is 15.9 Å². The highest BCUT2D eigenvalue weighted by molar-refractivity contribution is 9.10. The smallest absolute Gasteiger partial charge is 0.153 e. The molecule has 0 unspecified atom stereocenters. The van der Waals surface area contributed by atoms with Crippen molar-refractivity contribution in [1.29, 1.82) is 0 Å². The number of hydrogen-bond donors (Lipinski definition) is 2. The van der Waals surface area contributed by atoms with Crippen LogP contribution in [0.3, 0.4) is 0 Å². The van der Waals surface area contributed by atoms with Gasteiger partial charge >= 0.3 is 0 Å².